The minimum absolute atomic E-state index is 0.537. The van der Waals surface area contributed by atoms with Crippen molar-refractivity contribution < 1.29 is 19.4 Å². The summed E-state index contributed by atoms with van der Waals surface area (Å²) in [5, 5.41) is 9.16. The van der Waals surface area contributed by atoms with Gasteiger partial charge in [0.2, 0.25) is 0 Å². The average molecular weight is 216 g/mol. The Balaban J connectivity index is 2.81. The normalized spacial score (nSPS) is 22.3. The lowest BCUT2D eigenvalue weighted by molar-refractivity contribution is -0.295. The summed E-state index contributed by atoms with van der Waals surface area (Å²) >= 11 is 0. The van der Waals surface area contributed by atoms with Crippen LogP contribution in [0.3, 0.4) is 0 Å². The van der Waals surface area contributed by atoms with Crippen molar-refractivity contribution >= 4 is 5.97 Å². The van der Waals surface area contributed by atoms with E-state index in [1.807, 2.05) is 13.8 Å². The molecule has 0 aromatic heterocycles. The molecule has 1 aliphatic rings. The number of aliphatic carboxylic acids is 1. The van der Waals surface area contributed by atoms with Gasteiger partial charge in [-0.1, -0.05) is 20.3 Å². The summed E-state index contributed by atoms with van der Waals surface area (Å²) < 4.78 is 11.2. The third-order valence-electron chi connectivity index (χ3n) is 2.82. The van der Waals surface area contributed by atoms with Crippen LogP contribution in [0.25, 0.3) is 0 Å². The fourth-order valence-corrected chi connectivity index (χ4v) is 2.13. The molecule has 0 amide bonds. The summed E-state index contributed by atoms with van der Waals surface area (Å²) in [6, 6.07) is 0. The average Bonchev–Trinajstić information content (AvgIpc) is 2.19. The number of hydrogen-bond donors (Lipinski definition) is 1. The maximum absolute atomic E-state index is 11.1. The van der Waals surface area contributed by atoms with E-state index in [1.54, 1.807) is 0 Å². The Morgan fingerprint density at radius 3 is 2.40 bits per heavy atom. The highest BCUT2D eigenvalue weighted by Crippen LogP contribution is 2.34. The van der Waals surface area contributed by atoms with Gasteiger partial charge in [-0.3, -0.25) is 4.79 Å². The Bertz CT molecular complexity index is 203. The Morgan fingerprint density at radius 1 is 1.40 bits per heavy atom. The molecule has 1 rings (SSSR count). The van der Waals surface area contributed by atoms with Crippen molar-refractivity contribution in [1.82, 2.24) is 0 Å². The Labute approximate surface area is 90.6 Å². The molecule has 1 N–H and O–H groups in total. The lowest BCUT2D eigenvalue weighted by Crippen LogP contribution is -2.49. The van der Waals surface area contributed by atoms with Crippen molar-refractivity contribution in [1.29, 1.82) is 0 Å². The van der Waals surface area contributed by atoms with E-state index in [1.165, 1.54) is 0 Å². The largest absolute Gasteiger partial charge is 0.481 e. The van der Waals surface area contributed by atoms with Gasteiger partial charge in [0.25, 0.3) is 0 Å². The summed E-state index contributed by atoms with van der Waals surface area (Å²) in [7, 11) is 0. The predicted octanol–water partition coefficient (Wildman–Crippen LogP) is 2.03. The van der Waals surface area contributed by atoms with Gasteiger partial charge in [0.1, 0.15) is 5.92 Å². The Morgan fingerprint density at radius 2 is 2.00 bits per heavy atom. The molecule has 1 heterocycles. The minimum atomic E-state index is -0.881. The minimum Gasteiger partial charge on any atom is -0.481 e. The summed E-state index contributed by atoms with van der Waals surface area (Å²) in [4.78, 5) is 11.1. The summed E-state index contributed by atoms with van der Waals surface area (Å²) in [6.07, 6.45) is 2.90. The van der Waals surface area contributed by atoms with Crippen molar-refractivity contribution in [2.75, 3.05) is 13.2 Å². The van der Waals surface area contributed by atoms with Gasteiger partial charge < -0.3 is 14.6 Å². The van der Waals surface area contributed by atoms with Crippen LogP contribution >= 0.6 is 0 Å². The second-order valence-electron chi connectivity index (χ2n) is 3.91. The van der Waals surface area contributed by atoms with Gasteiger partial charge in [-0.25, -0.2) is 0 Å². The summed E-state index contributed by atoms with van der Waals surface area (Å²) in [5.74, 6) is -2.27. The SMILES string of the molecule is CCCC1(C(CC)C(=O)O)OCCCO1. The van der Waals surface area contributed by atoms with Crippen LogP contribution < -0.4 is 0 Å². The fraction of sp³-hybridized carbons (Fsp3) is 0.909. The third kappa shape index (κ3) is 2.69. The first-order valence-electron chi connectivity index (χ1n) is 5.67. The first-order chi connectivity index (χ1) is 7.16. The van der Waals surface area contributed by atoms with E-state index < -0.39 is 17.7 Å². The highest BCUT2D eigenvalue weighted by Gasteiger charge is 2.45. The molecule has 0 aromatic rings. The zero-order chi connectivity index (χ0) is 11.3. The molecule has 1 fully saturated rings. The van der Waals surface area contributed by atoms with Crippen LogP contribution in [0.2, 0.25) is 0 Å². The smallest absolute Gasteiger partial charge is 0.311 e. The van der Waals surface area contributed by atoms with Gasteiger partial charge in [0.05, 0.1) is 13.2 Å². The molecule has 0 radical (unpaired) electrons. The zero-order valence-corrected chi connectivity index (χ0v) is 9.49. The standard InChI is InChI=1S/C11H20O4/c1-3-6-11(9(4-2)10(12)13)14-7-5-8-15-11/h9H,3-8H2,1-2H3,(H,12,13). The number of hydrogen-bond acceptors (Lipinski definition) is 3. The molecule has 1 atom stereocenters. The molecule has 1 aliphatic heterocycles. The maximum Gasteiger partial charge on any atom is 0.311 e. The van der Waals surface area contributed by atoms with Crippen LogP contribution in [-0.4, -0.2) is 30.1 Å². The van der Waals surface area contributed by atoms with Crippen LogP contribution in [0.15, 0.2) is 0 Å². The summed E-state index contributed by atoms with van der Waals surface area (Å²) in [6.45, 7) is 5.07. The first kappa shape index (κ1) is 12.5. The number of carboxylic acid groups (broad SMARTS) is 1. The first-order valence-corrected chi connectivity index (χ1v) is 5.67. The molecular formula is C11H20O4. The van der Waals surface area contributed by atoms with Crippen molar-refractivity contribution in [3.8, 4) is 0 Å². The zero-order valence-electron chi connectivity index (χ0n) is 9.49. The van der Waals surface area contributed by atoms with Gasteiger partial charge in [-0.2, -0.15) is 0 Å². The summed E-state index contributed by atoms with van der Waals surface area (Å²) in [5.41, 5.74) is 0. The third-order valence-corrected chi connectivity index (χ3v) is 2.82. The maximum atomic E-state index is 11.1. The van der Waals surface area contributed by atoms with Crippen molar-refractivity contribution in [2.45, 2.75) is 45.3 Å². The van der Waals surface area contributed by atoms with Crippen molar-refractivity contribution in [3.63, 3.8) is 0 Å². The molecule has 0 aromatic carbocycles. The van der Waals surface area contributed by atoms with Crippen LogP contribution in [0.5, 0.6) is 0 Å². The fourth-order valence-electron chi connectivity index (χ4n) is 2.13. The Kier molecular flexibility index (Phi) is 4.54. The molecule has 1 saturated heterocycles. The van der Waals surface area contributed by atoms with Gasteiger partial charge in [0, 0.05) is 6.42 Å². The molecule has 4 nitrogen and oxygen atoms in total. The molecular weight excluding hydrogens is 196 g/mol. The van der Waals surface area contributed by atoms with E-state index in [4.69, 9.17) is 14.6 Å². The van der Waals surface area contributed by atoms with E-state index >= 15 is 0 Å². The predicted molar refractivity (Wildman–Crippen MR) is 55.6 cm³/mol. The molecule has 1 unspecified atom stereocenters. The molecule has 0 bridgehead atoms. The van der Waals surface area contributed by atoms with E-state index in [0.717, 1.165) is 12.8 Å². The molecule has 0 aliphatic carbocycles. The van der Waals surface area contributed by atoms with Crippen LogP contribution in [-0.2, 0) is 14.3 Å². The number of carboxylic acids is 1. The second kappa shape index (κ2) is 5.47. The van der Waals surface area contributed by atoms with Crippen molar-refractivity contribution in [2.24, 2.45) is 5.92 Å². The van der Waals surface area contributed by atoms with Gasteiger partial charge in [-0.05, 0) is 12.8 Å². The van der Waals surface area contributed by atoms with Crippen molar-refractivity contribution in [3.05, 3.63) is 0 Å². The van der Waals surface area contributed by atoms with Gasteiger partial charge in [0.15, 0.2) is 5.79 Å². The van der Waals surface area contributed by atoms with Gasteiger partial charge in [-0.15, -0.1) is 0 Å². The lowest BCUT2D eigenvalue weighted by atomic mass is 9.91. The van der Waals surface area contributed by atoms with Crippen LogP contribution in [0, 0.1) is 5.92 Å². The van der Waals surface area contributed by atoms with Crippen LogP contribution in [0.4, 0.5) is 0 Å². The van der Waals surface area contributed by atoms with E-state index in [-0.39, 0.29) is 0 Å². The monoisotopic (exact) mass is 216 g/mol. The molecule has 88 valence electrons. The van der Waals surface area contributed by atoms with Gasteiger partial charge >= 0.3 is 5.97 Å². The van der Waals surface area contributed by atoms with E-state index in [2.05, 4.69) is 0 Å². The van der Waals surface area contributed by atoms with Crippen LogP contribution in [0.1, 0.15) is 39.5 Å². The van der Waals surface area contributed by atoms with E-state index in [9.17, 15) is 4.79 Å². The topological polar surface area (TPSA) is 55.8 Å². The molecule has 4 heteroatoms. The molecule has 0 saturated carbocycles. The van der Waals surface area contributed by atoms with E-state index in [0.29, 0.717) is 26.1 Å². The number of carbonyl (C=O) groups is 1. The second-order valence-corrected chi connectivity index (χ2v) is 3.91. The highest BCUT2D eigenvalue weighted by atomic mass is 16.7. The Hall–Kier alpha value is -0.610. The quantitative estimate of drug-likeness (QED) is 0.764. The lowest BCUT2D eigenvalue weighted by Gasteiger charge is -2.40. The highest BCUT2D eigenvalue weighted by molar-refractivity contribution is 5.71. The molecule has 15 heavy (non-hydrogen) atoms. The molecule has 0 spiro atoms. The number of rotatable bonds is 5. The number of ether oxygens (including phenoxy) is 2.